The fourth-order valence-electron chi connectivity index (χ4n) is 6.60. The van der Waals surface area contributed by atoms with E-state index in [0.717, 1.165) is 23.4 Å². The second-order valence-corrected chi connectivity index (χ2v) is 10.4. The third-order valence-electron chi connectivity index (χ3n) is 7.68. The molecule has 4 aliphatic carbocycles. The molecule has 6 rings (SSSR count). The molecule has 2 amide bonds. The Kier molecular flexibility index (Phi) is 5.75. The maximum Gasteiger partial charge on any atom is 0.270 e. The highest BCUT2D eigenvalue weighted by atomic mass is 16.6. The number of amides is 2. The van der Waals surface area contributed by atoms with Crippen LogP contribution in [0.25, 0.3) is 0 Å². The molecule has 1 atom stereocenters. The third-order valence-corrected chi connectivity index (χ3v) is 7.68. The van der Waals surface area contributed by atoms with Gasteiger partial charge in [-0.3, -0.25) is 19.7 Å². The number of nitrogens with one attached hydrogen (secondary N) is 3. The van der Waals surface area contributed by atoms with Gasteiger partial charge in [-0.25, -0.2) is 0 Å². The monoisotopic (exact) mass is 462 g/mol. The van der Waals surface area contributed by atoms with Crippen molar-refractivity contribution in [1.29, 1.82) is 0 Å². The molecular weight excluding hydrogens is 432 g/mol. The minimum absolute atomic E-state index is 0.109. The molecule has 8 nitrogen and oxygen atoms in total. The zero-order chi connectivity index (χ0) is 23.9. The van der Waals surface area contributed by atoms with Crippen LogP contribution >= 0.6 is 0 Å². The van der Waals surface area contributed by atoms with Crippen LogP contribution in [0.2, 0.25) is 0 Å². The van der Waals surface area contributed by atoms with Gasteiger partial charge in [0.15, 0.2) is 0 Å². The van der Waals surface area contributed by atoms with Crippen molar-refractivity contribution in [2.45, 2.75) is 57.0 Å². The van der Waals surface area contributed by atoms with Crippen LogP contribution in [0.1, 0.15) is 55.8 Å². The van der Waals surface area contributed by atoms with E-state index in [4.69, 9.17) is 0 Å². The zero-order valence-corrected chi connectivity index (χ0v) is 19.3. The summed E-state index contributed by atoms with van der Waals surface area (Å²) in [5.74, 6) is 1.54. The summed E-state index contributed by atoms with van der Waals surface area (Å²) < 4.78 is 0. The van der Waals surface area contributed by atoms with Crippen molar-refractivity contribution < 1.29 is 14.5 Å². The maximum absolute atomic E-state index is 12.9. The molecule has 2 aromatic rings. The molecule has 1 unspecified atom stereocenters. The smallest absolute Gasteiger partial charge is 0.270 e. The normalized spacial score (nSPS) is 27.6. The zero-order valence-electron chi connectivity index (χ0n) is 19.3. The van der Waals surface area contributed by atoms with Gasteiger partial charge in [-0.05, 0) is 81.4 Å². The number of benzene rings is 2. The van der Waals surface area contributed by atoms with E-state index in [9.17, 15) is 19.7 Å². The molecular formula is C26H30N4O4. The summed E-state index contributed by atoms with van der Waals surface area (Å²) in [6.07, 6.45) is 7.66. The Morgan fingerprint density at radius 2 is 1.59 bits per heavy atom. The van der Waals surface area contributed by atoms with Gasteiger partial charge in [0.05, 0.1) is 16.3 Å². The summed E-state index contributed by atoms with van der Waals surface area (Å²) in [5, 5.41) is 20.4. The lowest BCUT2D eigenvalue weighted by molar-refractivity contribution is -0.384. The number of hydrogen-bond acceptors (Lipinski definition) is 5. The first-order valence-electron chi connectivity index (χ1n) is 12.0. The van der Waals surface area contributed by atoms with Gasteiger partial charge in [-0.1, -0.05) is 18.2 Å². The fraction of sp³-hybridized carbons (Fsp3) is 0.462. The summed E-state index contributed by atoms with van der Waals surface area (Å²) in [6.45, 7) is 1.60. The first-order valence-corrected chi connectivity index (χ1v) is 12.0. The second kappa shape index (κ2) is 8.74. The maximum atomic E-state index is 12.9. The van der Waals surface area contributed by atoms with Crippen LogP contribution in [-0.4, -0.2) is 28.3 Å². The van der Waals surface area contributed by atoms with E-state index >= 15 is 0 Å². The van der Waals surface area contributed by atoms with Crippen molar-refractivity contribution in [3.8, 4) is 0 Å². The summed E-state index contributed by atoms with van der Waals surface area (Å²) >= 11 is 0. The molecule has 3 N–H and O–H groups in total. The molecule has 34 heavy (non-hydrogen) atoms. The van der Waals surface area contributed by atoms with Gasteiger partial charge in [0.1, 0.15) is 6.04 Å². The molecule has 0 heterocycles. The summed E-state index contributed by atoms with van der Waals surface area (Å²) in [4.78, 5) is 35.9. The minimum Gasteiger partial charge on any atom is -0.378 e. The van der Waals surface area contributed by atoms with E-state index in [0.29, 0.717) is 5.69 Å². The van der Waals surface area contributed by atoms with E-state index in [1.807, 2.05) is 24.3 Å². The van der Waals surface area contributed by atoms with Crippen molar-refractivity contribution in [1.82, 2.24) is 5.32 Å². The first kappa shape index (κ1) is 22.4. The molecule has 0 aliphatic heterocycles. The van der Waals surface area contributed by atoms with Gasteiger partial charge >= 0.3 is 0 Å². The number of carbonyl (C=O) groups is 2. The SMILES string of the molecule is CC(NC(=O)c1cccc([N+](=O)[O-])c1)C(=O)Nc1ccccc1NC12CC3CC(CC(C3)C1)C2. The fourth-order valence-corrected chi connectivity index (χ4v) is 6.60. The predicted octanol–water partition coefficient (Wildman–Crippen LogP) is 4.73. The molecule has 4 bridgehead atoms. The Balaban J connectivity index is 1.25. The Hall–Kier alpha value is -3.42. The number of nitrogens with zero attached hydrogens (tertiary/aromatic N) is 1. The molecule has 4 fully saturated rings. The van der Waals surface area contributed by atoms with Crippen LogP contribution < -0.4 is 16.0 Å². The lowest BCUT2D eigenvalue weighted by Gasteiger charge is -2.57. The molecule has 2 aromatic carbocycles. The van der Waals surface area contributed by atoms with Gasteiger partial charge in [-0.15, -0.1) is 0 Å². The summed E-state index contributed by atoms with van der Waals surface area (Å²) in [7, 11) is 0. The van der Waals surface area contributed by atoms with Gasteiger partial charge < -0.3 is 16.0 Å². The lowest BCUT2D eigenvalue weighted by atomic mass is 9.53. The van der Waals surface area contributed by atoms with E-state index < -0.39 is 16.9 Å². The number of nitro benzene ring substituents is 1. The van der Waals surface area contributed by atoms with E-state index in [1.165, 1.54) is 62.8 Å². The van der Waals surface area contributed by atoms with Crippen molar-refractivity contribution in [2.24, 2.45) is 17.8 Å². The van der Waals surface area contributed by atoms with E-state index in [1.54, 1.807) is 6.92 Å². The average molecular weight is 463 g/mol. The number of rotatable bonds is 7. The molecule has 4 aliphatic rings. The number of anilines is 2. The Labute approximate surface area is 198 Å². The molecule has 0 radical (unpaired) electrons. The average Bonchev–Trinajstić information content (AvgIpc) is 2.79. The Morgan fingerprint density at radius 1 is 0.971 bits per heavy atom. The number of hydrogen-bond donors (Lipinski definition) is 3. The Bertz CT molecular complexity index is 1100. The quantitative estimate of drug-likeness (QED) is 0.407. The lowest BCUT2D eigenvalue weighted by Crippen LogP contribution is -2.54. The molecule has 0 aromatic heterocycles. The highest BCUT2D eigenvalue weighted by Crippen LogP contribution is 2.56. The van der Waals surface area contributed by atoms with Crippen molar-refractivity contribution in [3.63, 3.8) is 0 Å². The van der Waals surface area contributed by atoms with E-state index in [-0.39, 0.29) is 22.7 Å². The summed E-state index contributed by atoms with van der Waals surface area (Å²) in [6, 6.07) is 12.3. The molecule has 4 saturated carbocycles. The van der Waals surface area contributed by atoms with Crippen molar-refractivity contribution in [2.75, 3.05) is 10.6 Å². The van der Waals surface area contributed by atoms with Gasteiger partial charge in [0.25, 0.3) is 11.6 Å². The largest absolute Gasteiger partial charge is 0.378 e. The van der Waals surface area contributed by atoms with Crippen LogP contribution in [0.3, 0.4) is 0 Å². The van der Waals surface area contributed by atoms with Crippen LogP contribution in [-0.2, 0) is 4.79 Å². The Morgan fingerprint density at radius 3 is 2.21 bits per heavy atom. The highest BCUT2D eigenvalue weighted by molar-refractivity contribution is 6.02. The van der Waals surface area contributed by atoms with Crippen LogP contribution in [0, 0.1) is 27.9 Å². The number of para-hydroxylation sites is 2. The molecule has 0 saturated heterocycles. The van der Waals surface area contributed by atoms with Gasteiger partial charge in [0, 0.05) is 23.2 Å². The summed E-state index contributed by atoms with van der Waals surface area (Å²) in [5.41, 5.74) is 1.68. The van der Waals surface area contributed by atoms with Gasteiger partial charge in [-0.2, -0.15) is 0 Å². The standard InChI is InChI=1S/C26H30N4O4/c1-16(27-25(32)20-5-4-6-21(12-20)30(33)34)24(31)28-22-7-2-3-8-23(22)29-26-13-17-9-18(14-26)11-19(10-17)15-26/h2-8,12,16-19,29H,9-11,13-15H2,1H3,(H,27,32)(H,28,31). The minimum atomic E-state index is -0.820. The van der Waals surface area contributed by atoms with Crippen molar-refractivity contribution in [3.05, 3.63) is 64.2 Å². The van der Waals surface area contributed by atoms with Crippen LogP contribution in [0.15, 0.2) is 48.5 Å². The number of carbonyl (C=O) groups excluding carboxylic acids is 2. The topological polar surface area (TPSA) is 113 Å². The third kappa shape index (κ3) is 4.49. The van der Waals surface area contributed by atoms with Crippen LogP contribution in [0.5, 0.6) is 0 Å². The first-order chi connectivity index (χ1) is 16.3. The predicted molar refractivity (Wildman–Crippen MR) is 130 cm³/mol. The van der Waals surface area contributed by atoms with Crippen molar-refractivity contribution >= 4 is 28.9 Å². The number of non-ortho nitro benzene ring substituents is 1. The number of nitro groups is 1. The highest BCUT2D eigenvalue weighted by Gasteiger charge is 2.51. The van der Waals surface area contributed by atoms with Crippen LogP contribution in [0.4, 0.5) is 17.1 Å². The molecule has 178 valence electrons. The molecule has 8 heteroatoms. The van der Waals surface area contributed by atoms with Gasteiger partial charge in [0.2, 0.25) is 5.91 Å². The van der Waals surface area contributed by atoms with E-state index in [2.05, 4.69) is 16.0 Å². The second-order valence-electron chi connectivity index (χ2n) is 10.4. The molecule has 0 spiro atoms.